The van der Waals surface area contributed by atoms with E-state index in [2.05, 4.69) is 4.98 Å². The zero-order valence-corrected chi connectivity index (χ0v) is 11.8. The maximum atomic E-state index is 12.0. The first-order valence-corrected chi connectivity index (χ1v) is 7.01. The van der Waals surface area contributed by atoms with Crippen LogP contribution < -0.4 is 0 Å². The third kappa shape index (κ3) is 2.83. The fourth-order valence-corrected chi connectivity index (χ4v) is 2.85. The molecule has 5 heteroatoms. The lowest BCUT2D eigenvalue weighted by Crippen LogP contribution is -2.25. The van der Waals surface area contributed by atoms with E-state index < -0.39 is 12.0 Å². The van der Waals surface area contributed by atoms with Crippen LogP contribution in [0.4, 0.5) is 0 Å². The molecule has 0 amide bonds. The number of benzene rings is 1. The third-order valence-electron chi connectivity index (χ3n) is 3.93. The summed E-state index contributed by atoms with van der Waals surface area (Å²) in [6.45, 7) is 0.337. The number of rotatable bonds is 4. The number of aryl methyl sites for hydroxylation is 1. The van der Waals surface area contributed by atoms with E-state index >= 15 is 0 Å². The summed E-state index contributed by atoms with van der Waals surface area (Å²) in [5.41, 5.74) is 1.65. The van der Waals surface area contributed by atoms with Crippen molar-refractivity contribution >= 4 is 5.97 Å². The van der Waals surface area contributed by atoms with Gasteiger partial charge in [-0.3, -0.25) is 4.79 Å². The number of cyclic esters (lactones) is 1. The van der Waals surface area contributed by atoms with Gasteiger partial charge in [-0.15, -0.1) is 0 Å². The van der Waals surface area contributed by atoms with Crippen molar-refractivity contribution in [1.82, 2.24) is 9.55 Å². The summed E-state index contributed by atoms with van der Waals surface area (Å²) in [6.07, 6.45) is 3.45. The molecule has 1 saturated heterocycles. The van der Waals surface area contributed by atoms with E-state index in [1.165, 1.54) is 0 Å². The summed E-state index contributed by atoms with van der Waals surface area (Å²) in [4.78, 5) is 16.3. The Morgan fingerprint density at radius 2 is 2.19 bits per heavy atom. The van der Waals surface area contributed by atoms with Crippen LogP contribution in [-0.2, 0) is 23.0 Å². The second kappa shape index (κ2) is 5.69. The molecule has 0 spiro atoms. The van der Waals surface area contributed by atoms with E-state index in [0.717, 1.165) is 11.3 Å². The summed E-state index contributed by atoms with van der Waals surface area (Å²) in [5, 5.41) is 10.5. The molecule has 1 aromatic carbocycles. The fourth-order valence-electron chi connectivity index (χ4n) is 2.85. The van der Waals surface area contributed by atoms with Crippen LogP contribution in [0.5, 0.6) is 0 Å². The van der Waals surface area contributed by atoms with Gasteiger partial charge in [-0.25, -0.2) is 4.98 Å². The molecule has 5 nitrogen and oxygen atoms in total. The van der Waals surface area contributed by atoms with E-state index in [1.807, 2.05) is 48.1 Å². The molecular formula is C16H18N2O3. The highest BCUT2D eigenvalue weighted by molar-refractivity contribution is 5.75. The number of ether oxygens (including phenoxy) is 1. The molecule has 0 aliphatic carbocycles. The normalized spacial score (nSPS) is 23.0. The standard InChI is InChI=1S/C16H18N2O3/c1-18-8-13(17-10-18)7-12-9-21-16(20)14(12)15(19)11-5-3-2-4-6-11/h2-6,8,10,12,14-15,19H,7,9H2,1H3/t12-,14-,15-/m1/s1. The average Bonchev–Trinajstić information content (AvgIpc) is 3.06. The predicted octanol–water partition coefficient (Wildman–Crippen LogP) is 1.49. The van der Waals surface area contributed by atoms with Crippen molar-refractivity contribution in [2.24, 2.45) is 18.9 Å². The Bertz CT molecular complexity index is 623. The lowest BCUT2D eigenvalue weighted by atomic mass is 9.84. The second-order valence-corrected chi connectivity index (χ2v) is 5.51. The Balaban J connectivity index is 1.79. The Morgan fingerprint density at radius 1 is 1.43 bits per heavy atom. The minimum atomic E-state index is -0.838. The number of imidazole rings is 1. The van der Waals surface area contributed by atoms with Gasteiger partial charge in [0.05, 0.1) is 30.7 Å². The van der Waals surface area contributed by atoms with Crippen LogP contribution in [0.2, 0.25) is 0 Å². The Kier molecular flexibility index (Phi) is 3.75. The highest BCUT2D eigenvalue weighted by atomic mass is 16.5. The van der Waals surface area contributed by atoms with Gasteiger partial charge in [0.1, 0.15) is 0 Å². The van der Waals surface area contributed by atoms with Crippen LogP contribution in [0.15, 0.2) is 42.9 Å². The molecular weight excluding hydrogens is 268 g/mol. The summed E-state index contributed by atoms with van der Waals surface area (Å²) in [7, 11) is 1.91. The molecule has 1 fully saturated rings. The van der Waals surface area contributed by atoms with Crippen molar-refractivity contribution in [2.75, 3.05) is 6.61 Å². The van der Waals surface area contributed by atoms with Gasteiger partial charge in [-0.05, 0) is 12.0 Å². The summed E-state index contributed by atoms with van der Waals surface area (Å²) < 4.78 is 7.04. The molecule has 0 unspecified atom stereocenters. The molecule has 0 radical (unpaired) electrons. The SMILES string of the molecule is Cn1cnc(C[C@@H]2COC(=O)[C@H]2[C@H](O)c2ccccc2)c1. The van der Waals surface area contributed by atoms with Crippen LogP contribution in [-0.4, -0.2) is 27.2 Å². The summed E-state index contributed by atoms with van der Waals surface area (Å²) >= 11 is 0. The molecule has 110 valence electrons. The third-order valence-corrected chi connectivity index (χ3v) is 3.93. The van der Waals surface area contributed by atoms with Crippen LogP contribution in [0.1, 0.15) is 17.4 Å². The topological polar surface area (TPSA) is 64.4 Å². The van der Waals surface area contributed by atoms with Gasteiger partial charge in [0.15, 0.2) is 0 Å². The number of aliphatic hydroxyl groups excluding tert-OH is 1. The molecule has 3 atom stereocenters. The molecule has 0 bridgehead atoms. The molecule has 21 heavy (non-hydrogen) atoms. The van der Waals surface area contributed by atoms with E-state index in [4.69, 9.17) is 4.74 Å². The molecule has 1 aromatic heterocycles. The lowest BCUT2D eigenvalue weighted by Gasteiger charge is -2.20. The highest BCUT2D eigenvalue weighted by Gasteiger charge is 2.42. The van der Waals surface area contributed by atoms with Gasteiger partial charge in [-0.1, -0.05) is 30.3 Å². The summed E-state index contributed by atoms with van der Waals surface area (Å²) in [5.74, 6) is -0.913. The zero-order valence-electron chi connectivity index (χ0n) is 11.8. The van der Waals surface area contributed by atoms with Gasteiger partial charge in [0, 0.05) is 19.2 Å². The van der Waals surface area contributed by atoms with Crippen LogP contribution >= 0.6 is 0 Å². The predicted molar refractivity (Wildman–Crippen MR) is 76.3 cm³/mol. The zero-order chi connectivity index (χ0) is 14.8. The maximum absolute atomic E-state index is 12.0. The molecule has 2 heterocycles. The Hall–Kier alpha value is -2.14. The molecule has 3 rings (SSSR count). The molecule has 1 aliphatic heterocycles. The number of aliphatic hydroxyl groups is 1. The largest absolute Gasteiger partial charge is 0.465 e. The number of carbonyl (C=O) groups excluding carboxylic acids is 1. The first kappa shape index (κ1) is 13.8. The summed E-state index contributed by atoms with van der Waals surface area (Å²) in [6, 6.07) is 9.25. The van der Waals surface area contributed by atoms with Crippen molar-refractivity contribution in [1.29, 1.82) is 0 Å². The smallest absolute Gasteiger partial charge is 0.312 e. The Morgan fingerprint density at radius 3 is 2.86 bits per heavy atom. The number of aromatic nitrogens is 2. The highest BCUT2D eigenvalue weighted by Crippen LogP contribution is 2.35. The first-order chi connectivity index (χ1) is 10.1. The van der Waals surface area contributed by atoms with Crippen LogP contribution in [0.3, 0.4) is 0 Å². The van der Waals surface area contributed by atoms with E-state index in [9.17, 15) is 9.90 Å². The van der Waals surface area contributed by atoms with Gasteiger partial charge < -0.3 is 14.4 Å². The van der Waals surface area contributed by atoms with Gasteiger partial charge in [0.2, 0.25) is 0 Å². The monoisotopic (exact) mass is 286 g/mol. The molecule has 0 saturated carbocycles. The quantitative estimate of drug-likeness (QED) is 0.865. The van der Waals surface area contributed by atoms with E-state index in [0.29, 0.717) is 13.0 Å². The molecule has 1 aliphatic rings. The van der Waals surface area contributed by atoms with E-state index in [1.54, 1.807) is 6.33 Å². The van der Waals surface area contributed by atoms with Crippen LogP contribution in [0, 0.1) is 11.8 Å². The number of nitrogens with zero attached hydrogens (tertiary/aromatic N) is 2. The van der Waals surface area contributed by atoms with Crippen molar-refractivity contribution in [2.45, 2.75) is 12.5 Å². The number of esters is 1. The maximum Gasteiger partial charge on any atom is 0.312 e. The average molecular weight is 286 g/mol. The first-order valence-electron chi connectivity index (χ1n) is 7.01. The van der Waals surface area contributed by atoms with Crippen molar-refractivity contribution < 1.29 is 14.6 Å². The van der Waals surface area contributed by atoms with Gasteiger partial charge >= 0.3 is 5.97 Å². The van der Waals surface area contributed by atoms with Crippen molar-refractivity contribution in [3.05, 3.63) is 54.1 Å². The van der Waals surface area contributed by atoms with E-state index in [-0.39, 0.29) is 11.9 Å². The Labute approximate surface area is 123 Å². The van der Waals surface area contributed by atoms with Crippen molar-refractivity contribution in [3.63, 3.8) is 0 Å². The molecule has 2 aromatic rings. The number of carbonyl (C=O) groups is 1. The van der Waals surface area contributed by atoms with Gasteiger partial charge in [0.25, 0.3) is 0 Å². The lowest BCUT2D eigenvalue weighted by molar-refractivity contribution is -0.144. The van der Waals surface area contributed by atoms with Gasteiger partial charge in [-0.2, -0.15) is 0 Å². The minimum absolute atomic E-state index is 0.0531. The minimum Gasteiger partial charge on any atom is -0.465 e. The second-order valence-electron chi connectivity index (χ2n) is 5.51. The molecule has 1 N–H and O–H groups in total. The number of hydrogen-bond acceptors (Lipinski definition) is 4. The van der Waals surface area contributed by atoms with Crippen molar-refractivity contribution in [3.8, 4) is 0 Å². The fraction of sp³-hybridized carbons (Fsp3) is 0.375. The number of hydrogen-bond donors (Lipinski definition) is 1. The van der Waals surface area contributed by atoms with Crippen LogP contribution in [0.25, 0.3) is 0 Å².